The van der Waals surface area contributed by atoms with E-state index >= 15 is 0 Å². The minimum atomic E-state index is -0.840. The smallest absolute Gasteiger partial charge is 0.307 e. The first-order valence-corrected chi connectivity index (χ1v) is 5.79. The van der Waals surface area contributed by atoms with Crippen LogP contribution in [0.5, 0.6) is 0 Å². The average molecular weight is 244 g/mol. The molecule has 0 radical (unpaired) electrons. The van der Waals surface area contributed by atoms with Gasteiger partial charge in [0.05, 0.1) is 12.1 Å². The first-order valence-electron chi connectivity index (χ1n) is 5.79. The highest BCUT2D eigenvalue weighted by molar-refractivity contribution is 5.75. The van der Waals surface area contributed by atoms with Crippen molar-refractivity contribution in [2.75, 3.05) is 0 Å². The van der Waals surface area contributed by atoms with Gasteiger partial charge in [-0.1, -0.05) is 12.1 Å². The molecule has 94 valence electrons. The Morgan fingerprint density at radius 1 is 1.33 bits per heavy atom. The lowest BCUT2D eigenvalue weighted by molar-refractivity contribution is -0.136. The predicted octanol–water partition coefficient (Wildman–Crippen LogP) is 2.33. The standard InChI is InChI=1S/C14H16N2O2/c1-9-4-5-11(6-10(9)2)14-12(7-13(17)18)8-16(3)15-14/h4-6,8H,7H2,1-3H3,(H,17,18). The molecule has 0 amide bonds. The van der Waals surface area contributed by atoms with Crippen molar-refractivity contribution in [3.05, 3.63) is 41.1 Å². The molecule has 0 unspecified atom stereocenters. The van der Waals surface area contributed by atoms with Crippen LogP contribution in [0.1, 0.15) is 16.7 Å². The molecule has 0 saturated heterocycles. The Labute approximate surface area is 106 Å². The Kier molecular flexibility index (Phi) is 3.19. The van der Waals surface area contributed by atoms with Crippen LogP contribution >= 0.6 is 0 Å². The summed E-state index contributed by atoms with van der Waals surface area (Å²) in [5, 5.41) is 13.3. The number of hydrogen-bond acceptors (Lipinski definition) is 2. The lowest BCUT2D eigenvalue weighted by atomic mass is 10.0. The van der Waals surface area contributed by atoms with E-state index in [0.29, 0.717) is 0 Å². The van der Waals surface area contributed by atoms with Gasteiger partial charge >= 0.3 is 5.97 Å². The van der Waals surface area contributed by atoms with Crippen molar-refractivity contribution in [3.63, 3.8) is 0 Å². The van der Waals surface area contributed by atoms with Crippen LogP contribution in [0.2, 0.25) is 0 Å². The number of rotatable bonds is 3. The van der Waals surface area contributed by atoms with Crippen molar-refractivity contribution in [3.8, 4) is 11.3 Å². The fourth-order valence-corrected chi connectivity index (χ4v) is 1.96. The summed E-state index contributed by atoms with van der Waals surface area (Å²) >= 11 is 0. The fraction of sp³-hybridized carbons (Fsp3) is 0.286. The molecule has 0 aliphatic heterocycles. The number of aryl methyl sites for hydroxylation is 3. The summed E-state index contributed by atoms with van der Waals surface area (Å²) in [6, 6.07) is 6.06. The molecule has 18 heavy (non-hydrogen) atoms. The Bertz CT molecular complexity index is 600. The van der Waals surface area contributed by atoms with Gasteiger partial charge < -0.3 is 5.11 Å². The molecule has 2 aromatic rings. The molecule has 0 bridgehead atoms. The Morgan fingerprint density at radius 3 is 2.67 bits per heavy atom. The normalized spacial score (nSPS) is 10.6. The summed E-state index contributed by atoms with van der Waals surface area (Å²) in [5.74, 6) is -0.840. The number of aromatic nitrogens is 2. The highest BCUT2D eigenvalue weighted by atomic mass is 16.4. The molecule has 0 aliphatic carbocycles. The monoisotopic (exact) mass is 244 g/mol. The second-order valence-electron chi connectivity index (χ2n) is 4.55. The van der Waals surface area contributed by atoms with E-state index < -0.39 is 5.97 Å². The number of benzene rings is 1. The molecule has 0 fully saturated rings. The molecule has 4 nitrogen and oxygen atoms in total. The molecular formula is C14H16N2O2. The molecule has 0 atom stereocenters. The zero-order chi connectivity index (χ0) is 13.3. The fourth-order valence-electron chi connectivity index (χ4n) is 1.96. The summed E-state index contributed by atoms with van der Waals surface area (Å²) in [7, 11) is 1.80. The second kappa shape index (κ2) is 4.64. The highest BCUT2D eigenvalue weighted by Gasteiger charge is 2.13. The Balaban J connectivity index is 2.49. The van der Waals surface area contributed by atoms with Crippen LogP contribution in [0.3, 0.4) is 0 Å². The van der Waals surface area contributed by atoms with Gasteiger partial charge in [-0.25, -0.2) is 0 Å². The number of nitrogens with zero attached hydrogens (tertiary/aromatic N) is 2. The highest BCUT2D eigenvalue weighted by Crippen LogP contribution is 2.24. The van der Waals surface area contributed by atoms with Crippen LogP contribution in [0, 0.1) is 13.8 Å². The minimum Gasteiger partial charge on any atom is -0.481 e. The minimum absolute atomic E-state index is 0.00387. The van der Waals surface area contributed by atoms with Gasteiger partial charge in [-0.05, 0) is 31.0 Å². The van der Waals surface area contributed by atoms with E-state index in [9.17, 15) is 4.79 Å². The summed E-state index contributed by atoms with van der Waals surface area (Å²) in [4.78, 5) is 10.8. The Morgan fingerprint density at radius 2 is 2.06 bits per heavy atom. The molecule has 0 spiro atoms. The van der Waals surface area contributed by atoms with E-state index in [-0.39, 0.29) is 6.42 Å². The van der Waals surface area contributed by atoms with E-state index in [1.54, 1.807) is 17.9 Å². The van der Waals surface area contributed by atoms with E-state index in [1.807, 2.05) is 25.1 Å². The molecule has 1 aromatic carbocycles. The largest absolute Gasteiger partial charge is 0.481 e. The van der Waals surface area contributed by atoms with E-state index in [1.165, 1.54) is 11.1 Å². The van der Waals surface area contributed by atoms with Crippen LogP contribution in [0.4, 0.5) is 0 Å². The number of hydrogen-bond donors (Lipinski definition) is 1. The third kappa shape index (κ3) is 2.42. The molecule has 2 rings (SSSR count). The van der Waals surface area contributed by atoms with Crippen LogP contribution in [0.25, 0.3) is 11.3 Å². The average Bonchev–Trinajstić information content (AvgIpc) is 2.62. The molecule has 4 heteroatoms. The molecule has 1 N–H and O–H groups in total. The quantitative estimate of drug-likeness (QED) is 0.901. The third-order valence-electron chi connectivity index (χ3n) is 3.03. The number of carboxylic acid groups (broad SMARTS) is 1. The summed E-state index contributed by atoms with van der Waals surface area (Å²) in [6.45, 7) is 4.09. The summed E-state index contributed by atoms with van der Waals surface area (Å²) < 4.78 is 1.66. The van der Waals surface area contributed by atoms with Gasteiger partial charge in [-0.15, -0.1) is 0 Å². The van der Waals surface area contributed by atoms with Crippen molar-refractivity contribution in [2.45, 2.75) is 20.3 Å². The van der Waals surface area contributed by atoms with Crippen LogP contribution in [0.15, 0.2) is 24.4 Å². The van der Waals surface area contributed by atoms with Crippen LogP contribution < -0.4 is 0 Å². The van der Waals surface area contributed by atoms with Crippen molar-refractivity contribution in [2.24, 2.45) is 7.05 Å². The van der Waals surface area contributed by atoms with Crippen molar-refractivity contribution in [1.29, 1.82) is 0 Å². The lowest BCUT2D eigenvalue weighted by Crippen LogP contribution is -2.00. The molecule has 0 aliphatic rings. The zero-order valence-electron chi connectivity index (χ0n) is 10.8. The Hall–Kier alpha value is -2.10. The van der Waals surface area contributed by atoms with Gasteiger partial charge in [-0.2, -0.15) is 5.10 Å². The maximum absolute atomic E-state index is 10.8. The van der Waals surface area contributed by atoms with Gasteiger partial charge in [-0.3, -0.25) is 9.48 Å². The summed E-state index contributed by atoms with van der Waals surface area (Å²) in [5.41, 5.74) is 4.86. The van der Waals surface area contributed by atoms with Gasteiger partial charge in [0.2, 0.25) is 0 Å². The van der Waals surface area contributed by atoms with Crippen LogP contribution in [-0.2, 0) is 18.3 Å². The molecule has 1 aromatic heterocycles. The molecular weight excluding hydrogens is 228 g/mol. The zero-order valence-corrected chi connectivity index (χ0v) is 10.8. The van der Waals surface area contributed by atoms with Gasteiger partial charge in [0.1, 0.15) is 0 Å². The number of carboxylic acids is 1. The van der Waals surface area contributed by atoms with Crippen molar-refractivity contribution in [1.82, 2.24) is 9.78 Å². The number of carbonyl (C=O) groups is 1. The third-order valence-corrected chi connectivity index (χ3v) is 3.03. The van der Waals surface area contributed by atoms with Gasteiger partial charge in [0, 0.05) is 24.4 Å². The van der Waals surface area contributed by atoms with Crippen molar-refractivity contribution >= 4 is 5.97 Å². The first-order chi connectivity index (χ1) is 8.47. The van der Waals surface area contributed by atoms with Gasteiger partial charge in [0.25, 0.3) is 0 Å². The maximum Gasteiger partial charge on any atom is 0.307 e. The van der Waals surface area contributed by atoms with E-state index in [4.69, 9.17) is 5.11 Å². The van der Waals surface area contributed by atoms with Gasteiger partial charge in [0.15, 0.2) is 0 Å². The van der Waals surface area contributed by atoms with E-state index in [2.05, 4.69) is 12.0 Å². The number of aliphatic carboxylic acids is 1. The molecule has 1 heterocycles. The van der Waals surface area contributed by atoms with E-state index in [0.717, 1.165) is 16.8 Å². The maximum atomic E-state index is 10.8. The SMILES string of the molecule is Cc1ccc(-c2nn(C)cc2CC(=O)O)cc1C. The predicted molar refractivity (Wildman–Crippen MR) is 69.5 cm³/mol. The van der Waals surface area contributed by atoms with Crippen molar-refractivity contribution < 1.29 is 9.90 Å². The molecule has 0 saturated carbocycles. The van der Waals surface area contributed by atoms with Crippen LogP contribution in [-0.4, -0.2) is 20.9 Å². The summed E-state index contributed by atoms with van der Waals surface area (Å²) in [6.07, 6.45) is 1.76. The second-order valence-corrected chi connectivity index (χ2v) is 4.55. The topological polar surface area (TPSA) is 55.1 Å². The first kappa shape index (κ1) is 12.4. The lowest BCUT2D eigenvalue weighted by Gasteiger charge is -2.04.